The van der Waals surface area contributed by atoms with Gasteiger partial charge in [0.25, 0.3) is 6.26 Å². The van der Waals surface area contributed by atoms with Gasteiger partial charge in [-0.25, -0.2) is 31.5 Å². The zero-order chi connectivity index (χ0) is 39.2. The number of carbonyl (C=O) groups excluding carboxylic acids is 1. The van der Waals surface area contributed by atoms with E-state index >= 15 is 0 Å². The first-order valence-electron chi connectivity index (χ1n) is 19.5. The topological polar surface area (TPSA) is 175 Å². The Labute approximate surface area is 322 Å². The Morgan fingerprint density at radius 2 is 1.09 bits per heavy atom. The van der Waals surface area contributed by atoms with Gasteiger partial charge in [0.2, 0.25) is 20.0 Å². The van der Waals surface area contributed by atoms with Crippen LogP contribution in [0.3, 0.4) is 0 Å². The van der Waals surface area contributed by atoms with Gasteiger partial charge in [-0.2, -0.15) is 0 Å². The van der Waals surface area contributed by atoms with E-state index in [9.17, 15) is 21.6 Å². The number of fused-ring (bicyclic) bond motifs is 4. The number of urea groups is 1. The molecule has 4 N–H and O–H groups in total. The van der Waals surface area contributed by atoms with Crippen LogP contribution in [0.15, 0.2) is 12.1 Å². The summed E-state index contributed by atoms with van der Waals surface area (Å²) in [7, 11) is -6.97. The second kappa shape index (κ2) is 15.4. The molecule has 296 valence electrons. The molecule has 14 heteroatoms. The van der Waals surface area contributed by atoms with Crippen LogP contribution < -0.4 is 19.9 Å². The number of likely N-dealkylation sites (tertiary alicyclic amines) is 2. The highest BCUT2D eigenvalue weighted by Crippen LogP contribution is 2.41. The van der Waals surface area contributed by atoms with Crippen molar-refractivity contribution >= 4 is 31.8 Å². The number of nitrogens with one attached hydrogen (secondary N) is 2. The van der Waals surface area contributed by atoms with Crippen molar-refractivity contribution in [1.82, 2.24) is 14.5 Å². The smallest absolute Gasteiger partial charge is 0.332 e. The van der Waals surface area contributed by atoms with Gasteiger partial charge in [-0.1, -0.05) is 12.1 Å². The lowest BCUT2D eigenvalue weighted by molar-refractivity contribution is 0.0720. The lowest BCUT2D eigenvalue weighted by atomic mass is 9.99. The summed E-state index contributed by atoms with van der Waals surface area (Å²) >= 11 is 0. The second-order valence-corrected chi connectivity index (χ2v) is 21.5. The summed E-state index contributed by atoms with van der Waals surface area (Å²) in [4.78, 5) is 16.7. The fraction of sp³-hybridized carbons (Fsp3) is 0.650. The zero-order valence-corrected chi connectivity index (χ0v) is 34.4. The Bertz CT molecular complexity index is 1970. The number of primary sulfonamides is 1. The van der Waals surface area contributed by atoms with E-state index in [0.29, 0.717) is 26.2 Å². The van der Waals surface area contributed by atoms with Crippen LogP contribution in [0, 0.1) is 11.5 Å². The van der Waals surface area contributed by atoms with Gasteiger partial charge in [-0.05, 0) is 163 Å². The molecule has 2 aromatic rings. The molecular formula is C40H58N6O6S2. The van der Waals surface area contributed by atoms with Gasteiger partial charge < -0.3 is 10.1 Å². The summed E-state index contributed by atoms with van der Waals surface area (Å²) in [6, 6.07) is 4.01. The van der Waals surface area contributed by atoms with E-state index in [2.05, 4.69) is 73.5 Å². The predicted molar refractivity (Wildman–Crippen MR) is 212 cm³/mol. The molecule has 0 aromatic heterocycles. The molecule has 2 saturated heterocycles. The van der Waals surface area contributed by atoms with E-state index in [1.54, 1.807) is 0 Å². The Morgan fingerprint density at radius 3 is 1.48 bits per heavy atom. The van der Waals surface area contributed by atoms with Crippen LogP contribution >= 0.6 is 0 Å². The highest BCUT2D eigenvalue weighted by atomic mass is 32.2. The van der Waals surface area contributed by atoms with Crippen LogP contribution in [-0.2, 0) is 71.4 Å². The van der Waals surface area contributed by atoms with E-state index in [4.69, 9.17) is 15.1 Å². The number of carbonyl (C=O) groups is 1. The summed E-state index contributed by atoms with van der Waals surface area (Å²) < 4.78 is 54.2. The van der Waals surface area contributed by atoms with Crippen molar-refractivity contribution in [3.8, 4) is 12.0 Å². The summed E-state index contributed by atoms with van der Waals surface area (Å²) in [6.07, 6.45) is 14.9. The molecule has 0 unspecified atom stereocenters. The molecule has 0 bridgehead atoms. The normalized spacial score (nSPS) is 19.7. The molecule has 2 aliphatic heterocycles. The molecule has 0 saturated carbocycles. The maximum absolute atomic E-state index is 12.6. The Hall–Kier alpha value is -3.22. The van der Waals surface area contributed by atoms with E-state index in [0.717, 1.165) is 75.6 Å². The zero-order valence-electron chi connectivity index (χ0n) is 32.8. The number of hydrogen-bond acceptors (Lipinski definition) is 9. The van der Waals surface area contributed by atoms with Crippen LogP contribution in [0.5, 0.6) is 5.75 Å². The number of hydrogen-bond donors (Lipinski definition) is 3. The molecule has 2 aromatic carbocycles. The van der Waals surface area contributed by atoms with Gasteiger partial charge in [0, 0.05) is 42.9 Å². The number of benzene rings is 2. The van der Waals surface area contributed by atoms with Gasteiger partial charge in [0.15, 0.2) is 0 Å². The molecule has 6 aliphatic rings. The van der Waals surface area contributed by atoms with Gasteiger partial charge in [-0.15, -0.1) is 5.26 Å². The van der Waals surface area contributed by atoms with Crippen molar-refractivity contribution in [2.75, 3.05) is 31.5 Å². The van der Waals surface area contributed by atoms with Crippen molar-refractivity contribution in [2.24, 2.45) is 5.14 Å². The molecule has 0 spiro atoms. The fourth-order valence-electron chi connectivity index (χ4n) is 8.63. The molecule has 0 atom stereocenters. The number of anilines is 1. The van der Waals surface area contributed by atoms with Crippen molar-refractivity contribution < 1.29 is 26.4 Å². The summed E-state index contributed by atoms with van der Waals surface area (Å²) in [5, 5.41) is 15.7. The first-order valence-corrected chi connectivity index (χ1v) is 22.6. The third-order valence-electron chi connectivity index (χ3n) is 12.0. The number of aryl methyl sites for hydroxylation is 4. The Balaban J connectivity index is 0.000000154. The summed E-state index contributed by atoms with van der Waals surface area (Å²) in [5.41, 5.74) is 11.3. The van der Waals surface area contributed by atoms with Crippen LogP contribution in [0.4, 0.5) is 10.5 Å². The highest BCUT2D eigenvalue weighted by molar-refractivity contribution is 7.90. The minimum Gasteiger partial charge on any atom is -0.387 e. The molecule has 54 heavy (non-hydrogen) atoms. The van der Waals surface area contributed by atoms with Crippen molar-refractivity contribution in [3.63, 3.8) is 0 Å². The van der Waals surface area contributed by atoms with Gasteiger partial charge >= 0.3 is 6.03 Å². The maximum atomic E-state index is 12.6. The fourth-order valence-corrected chi connectivity index (χ4v) is 10.6. The maximum Gasteiger partial charge on any atom is 0.332 e. The lowest BCUT2D eigenvalue weighted by Gasteiger charge is -2.46. The van der Waals surface area contributed by atoms with Gasteiger partial charge in [0.05, 0.1) is 0 Å². The Morgan fingerprint density at radius 1 is 0.704 bits per heavy atom. The van der Waals surface area contributed by atoms with E-state index in [1.807, 2.05) is 6.26 Å². The Kier molecular flexibility index (Phi) is 11.5. The average molecular weight is 783 g/mol. The quantitative estimate of drug-likeness (QED) is 0.357. The van der Waals surface area contributed by atoms with Crippen molar-refractivity contribution in [2.45, 2.75) is 140 Å². The van der Waals surface area contributed by atoms with Crippen LogP contribution in [0.1, 0.15) is 112 Å². The average Bonchev–Trinajstić information content (AvgIpc) is 3.80. The molecule has 12 nitrogen and oxygen atoms in total. The number of rotatable bonds is 5. The van der Waals surface area contributed by atoms with Crippen LogP contribution in [-0.4, -0.2) is 80.4 Å². The van der Waals surface area contributed by atoms with Crippen LogP contribution in [0.25, 0.3) is 0 Å². The minimum atomic E-state index is -3.67. The highest BCUT2D eigenvalue weighted by Gasteiger charge is 2.43. The first-order chi connectivity index (χ1) is 25.3. The van der Waals surface area contributed by atoms with E-state index in [-0.39, 0.29) is 16.3 Å². The number of nitriles is 1. The lowest BCUT2D eigenvalue weighted by Crippen LogP contribution is -2.63. The molecule has 2 amide bonds. The van der Waals surface area contributed by atoms with Crippen LogP contribution in [0.2, 0.25) is 0 Å². The van der Waals surface area contributed by atoms with E-state index < -0.39 is 31.3 Å². The monoisotopic (exact) mass is 782 g/mol. The SMILES string of the molecule is CC(C)(C)N1CC(S(=O)(=O)NC(=O)Nc2c3c(cc4c2CCC4)CCC3)C1.CC(C)(C)N1CC(S(N)(=O)=O)C1.N#COc1c2c(cc3c1CCC3)CCC2. The third-order valence-corrected chi connectivity index (χ3v) is 14.9. The summed E-state index contributed by atoms with van der Waals surface area (Å²) in [6.45, 7) is 14.4. The van der Waals surface area contributed by atoms with Crippen molar-refractivity contribution in [1.29, 1.82) is 5.26 Å². The standard InChI is InChI=1S/C20H29N3O3S.C13H13NO.C7H16N2O2S/c1-20(2,3)23-11-15(12-23)27(25,26)22-19(24)21-18-16-8-4-6-13(16)10-14-7-5-9-17(14)18;14-8-15-13-11-5-1-3-9(11)7-10-4-2-6-12(10)13;1-7(2,3)9-4-6(5-9)12(8,10)11/h10,15H,4-9,11-12H2,1-3H3,(H2,21,22,24);7H,1-6H2;6H,4-5H2,1-3H3,(H2,8,10,11). The second-order valence-electron chi connectivity index (χ2n) is 17.7. The first kappa shape index (κ1) is 40.4. The molecule has 2 fully saturated rings. The number of amides is 2. The third kappa shape index (κ3) is 8.76. The molecule has 4 aliphatic carbocycles. The van der Waals surface area contributed by atoms with E-state index in [1.165, 1.54) is 57.3 Å². The number of ether oxygens (including phenoxy) is 1. The predicted octanol–water partition coefficient (Wildman–Crippen LogP) is 4.88. The molecule has 2 heterocycles. The van der Waals surface area contributed by atoms with Gasteiger partial charge in [0.1, 0.15) is 16.2 Å². The van der Waals surface area contributed by atoms with Crippen molar-refractivity contribution in [3.05, 3.63) is 56.6 Å². The van der Waals surface area contributed by atoms with Gasteiger partial charge in [-0.3, -0.25) is 9.80 Å². The molecule has 0 radical (unpaired) electrons. The largest absolute Gasteiger partial charge is 0.387 e. The molecular weight excluding hydrogens is 725 g/mol. The number of nitrogens with two attached hydrogens (primary N) is 1. The number of nitrogens with zero attached hydrogens (tertiary/aromatic N) is 3. The summed E-state index contributed by atoms with van der Waals surface area (Å²) in [5.74, 6) is 0.903. The molecule has 8 rings (SSSR count). The number of sulfonamides is 2. The minimum absolute atomic E-state index is 0.0561.